The predicted molar refractivity (Wildman–Crippen MR) is 90.9 cm³/mol. The molecule has 0 spiro atoms. The van der Waals surface area contributed by atoms with Gasteiger partial charge < -0.3 is 5.11 Å². The summed E-state index contributed by atoms with van der Waals surface area (Å²) in [6.07, 6.45) is 7.57. The molecule has 1 aliphatic heterocycles. The zero-order valence-electron chi connectivity index (χ0n) is 14.0. The third kappa shape index (κ3) is 4.29. The van der Waals surface area contributed by atoms with E-state index in [0.29, 0.717) is 17.0 Å². The molecule has 124 valence electrons. The summed E-state index contributed by atoms with van der Waals surface area (Å²) in [7, 11) is 0. The molecule has 0 radical (unpaired) electrons. The van der Waals surface area contributed by atoms with Crippen LogP contribution in [0, 0.1) is 0 Å². The fourth-order valence-corrected chi connectivity index (χ4v) is 4.27. The van der Waals surface area contributed by atoms with Crippen LogP contribution in [0.1, 0.15) is 73.2 Å². The molecule has 1 fully saturated rings. The van der Waals surface area contributed by atoms with Crippen LogP contribution in [0.4, 0.5) is 0 Å². The molecule has 0 saturated carbocycles. The summed E-state index contributed by atoms with van der Waals surface area (Å²) in [5.74, 6) is -0.824. The molecule has 0 aromatic carbocycles. The Bertz CT molecular complexity index is 491. The number of aromatic nitrogens is 1. The van der Waals surface area contributed by atoms with Crippen molar-refractivity contribution in [2.75, 3.05) is 6.54 Å². The van der Waals surface area contributed by atoms with Gasteiger partial charge in [-0.2, -0.15) is 0 Å². The van der Waals surface area contributed by atoms with Crippen LogP contribution in [0.25, 0.3) is 0 Å². The Morgan fingerprint density at radius 3 is 2.59 bits per heavy atom. The first-order valence-electron chi connectivity index (χ1n) is 8.50. The monoisotopic (exact) mass is 324 g/mol. The molecule has 0 amide bonds. The van der Waals surface area contributed by atoms with E-state index in [9.17, 15) is 9.90 Å². The van der Waals surface area contributed by atoms with Crippen molar-refractivity contribution in [2.45, 2.75) is 77.8 Å². The fraction of sp³-hybridized carbons (Fsp3) is 0.765. The molecule has 0 bridgehead atoms. The van der Waals surface area contributed by atoms with Gasteiger partial charge in [-0.3, -0.25) is 4.90 Å². The molecule has 4 nitrogen and oxygen atoms in total. The Labute approximate surface area is 137 Å². The lowest BCUT2D eigenvalue weighted by Gasteiger charge is -2.38. The first-order chi connectivity index (χ1) is 10.5. The standard InChI is InChI=1S/C17H28N2O2S/c1-4-5-9-14-16(17(20)21)22-15(18-14)10-11-19-12(2)7-6-8-13(19)3/h12-13H,4-11H2,1-3H3,(H,20,21). The second-order valence-electron chi connectivity index (χ2n) is 6.41. The van der Waals surface area contributed by atoms with Crippen LogP contribution in [0.2, 0.25) is 0 Å². The molecule has 5 heteroatoms. The second kappa shape index (κ2) is 8.06. The summed E-state index contributed by atoms with van der Waals surface area (Å²) in [4.78, 5) is 19.0. The Morgan fingerprint density at radius 1 is 1.32 bits per heavy atom. The van der Waals surface area contributed by atoms with E-state index < -0.39 is 5.97 Å². The third-order valence-electron chi connectivity index (χ3n) is 4.66. The number of aromatic carboxylic acids is 1. The number of nitrogens with zero attached hydrogens (tertiary/aromatic N) is 2. The van der Waals surface area contributed by atoms with Gasteiger partial charge in [0.1, 0.15) is 4.88 Å². The highest BCUT2D eigenvalue weighted by Crippen LogP contribution is 2.25. The van der Waals surface area contributed by atoms with Gasteiger partial charge in [0.15, 0.2) is 0 Å². The molecule has 1 aromatic rings. The minimum atomic E-state index is -0.824. The van der Waals surface area contributed by atoms with Crippen molar-refractivity contribution in [2.24, 2.45) is 0 Å². The third-order valence-corrected chi connectivity index (χ3v) is 5.81. The van der Waals surface area contributed by atoms with Crippen LogP contribution in [-0.2, 0) is 12.8 Å². The number of rotatable bonds is 7. The van der Waals surface area contributed by atoms with Crippen molar-refractivity contribution >= 4 is 17.3 Å². The summed E-state index contributed by atoms with van der Waals surface area (Å²) in [6, 6.07) is 1.25. The van der Waals surface area contributed by atoms with Gasteiger partial charge in [0.2, 0.25) is 0 Å². The lowest BCUT2D eigenvalue weighted by molar-refractivity contribution is 0.0700. The number of likely N-dealkylation sites (tertiary alicyclic amines) is 1. The molecule has 2 atom stereocenters. The first-order valence-corrected chi connectivity index (χ1v) is 9.32. The summed E-state index contributed by atoms with van der Waals surface area (Å²) in [6.45, 7) is 7.70. The average Bonchev–Trinajstić information content (AvgIpc) is 2.88. The number of hydrogen-bond acceptors (Lipinski definition) is 4. The van der Waals surface area contributed by atoms with Crippen molar-refractivity contribution in [3.8, 4) is 0 Å². The van der Waals surface area contributed by atoms with Crippen LogP contribution in [0.15, 0.2) is 0 Å². The zero-order chi connectivity index (χ0) is 16.1. The number of aryl methyl sites for hydroxylation is 1. The van der Waals surface area contributed by atoms with Gasteiger partial charge in [-0.25, -0.2) is 9.78 Å². The Hall–Kier alpha value is -0.940. The highest BCUT2D eigenvalue weighted by Gasteiger charge is 2.25. The topological polar surface area (TPSA) is 53.4 Å². The number of carboxylic acid groups (broad SMARTS) is 1. The fourth-order valence-electron chi connectivity index (χ4n) is 3.33. The maximum atomic E-state index is 11.4. The Kier molecular flexibility index (Phi) is 6.38. The van der Waals surface area contributed by atoms with E-state index in [1.807, 2.05) is 0 Å². The maximum Gasteiger partial charge on any atom is 0.347 e. The van der Waals surface area contributed by atoms with Crippen LogP contribution in [0.5, 0.6) is 0 Å². The smallest absolute Gasteiger partial charge is 0.347 e. The van der Waals surface area contributed by atoms with Gasteiger partial charge in [0.25, 0.3) is 0 Å². The van der Waals surface area contributed by atoms with Gasteiger partial charge in [-0.15, -0.1) is 11.3 Å². The summed E-state index contributed by atoms with van der Waals surface area (Å²) >= 11 is 1.37. The number of carboxylic acids is 1. The molecule has 22 heavy (non-hydrogen) atoms. The van der Waals surface area contributed by atoms with Gasteiger partial charge in [0.05, 0.1) is 10.7 Å². The normalized spacial score (nSPS) is 22.9. The Balaban J connectivity index is 2.01. The van der Waals surface area contributed by atoms with Crippen LogP contribution in [0.3, 0.4) is 0 Å². The minimum absolute atomic E-state index is 0.447. The molecule has 1 N–H and O–H groups in total. The molecular formula is C17H28N2O2S. The molecular weight excluding hydrogens is 296 g/mol. The average molecular weight is 324 g/mol. The van der Waals surface area contributed by atoms with Gasteiger partial charge in [-0.05, 0) is 39.5 Å². The van der Waals surface area contributed by atoms with Crippen LogP contribution < -0.4 is 0 Å². The quantitative estimate of drug-likeness (QED) is 0.824. The number of unbranched alkanes of at least 4 members (excludes halogenated alkanes) is 1. The number of thiazole rings is 1. The van der Waals surface area contributed by atoms with E-state index in [1.54, 1.807) is 0 Å². The molecule has 2 rings (SSSR count). The van der Waals surface area contributed by atoms with E-state index in [2.05, 4.69) is 30.7 Å². The summed E-state index contributed by atoms with van der Waals surface area (Å²) in [5.41, 5.74) is 0.786. The predicted octanol–water partition coefficient (Wildman–Crippen LogP) is 3.99. The minimum Gasteiger partial charge on any atom is -0.477 e. The molecule has 1 saturated heterocycles. The SMILES string of the molecule is CCCCc1nc(CCN2C(C)CCCC2C)sc1C(=O)O. The zero-order valence-corrected chi connectivity index (χ0v) is 14.8. The van der Waals surface area contributed by atoms with Crippen molar-refractivity contribution in [1.82, 2.24) is 9.88 Å². The van der Waals surface area contributed by atoms with Gasteiger partial charge >= 0.3 is 5.97 Å². The molecule has 2 heterocycles. The van der Waals surface area contributed by atoms with Crippen LogP contribution >= 0.6 is 11.3 Å². The highest BCUT2D eigenvalue weighted by atomic mass is 32.1. The van der Waals surface area contributed by atoms with E-state index in [4.69, 9.17) is 0 Å². The van der Waals surface area contributed by atoms with Crippen molar-refractivity contribution in [1.29, 1.82) is 0 Å². The maximum absolute atomic E-state index is 11.4. The van der Waals surface area contributed by atoms with E-state index in [0.717, 1.165) is 42.9 Å². The van der Waals surface area contributed by atoms with Crippen molar-refractivity contribution < 1.29 is 9.90 Å². The van der Waals surface area contributed by atoms with E-state index >= 15 is 0 Å². The molecule has 2 unspecified atom stereocenters. The lowest BCUT2D eigenvalue weighted by atomic mass is 9.97. The first kappa shape index (κ1) is 17.4. The number of carbonyl (C=O) groups is 1. The number of piperidine rings is 1. The van der Waals surface area contributed by atoms with Crippen molar-refractivity contribution in [3.63, 3.8) is 0 Å². The largest absolute Gasteiger partial charge is 0.477 e. The highest BCUT2D eigenvalue weighted by molar-refractivity contribution is 7.13. The lowest BCUT2D eigenvalue weighted by Crippen LogP contribution is -2.44. The molecule has 1 aromatic heterocycles. The van der Waals surface area contributed by atoms with Gasteiger partial charge in [0, 0.05) is 25.0 Å². The molecule has 1 aliphatic rings. The molecule has 0 aliphatic carbocycles. The van der Waals surface area contributed by atoms with E-state index in [-0.39, 0.29) is 0 Å². The summed E-state index contributed by atoms with van der Waals surface area (Å²) < 4.78 is 0. The van der Waals surface area contributed by atoms with E-state index in [1.165, 1.54) is 30.6 Å². The van der Waals surface area contributed by atoms with Crippen molar-refractivity contribution in [3.05, 3.63) is 15.6 Å². The summed E-state index contributed by atoms with van der Waals surface area (Å²) in [5, 5.41) is 10.3. The number of hydrogen-bond donors (Lipinski definition) is 1. The van der Waals surface area contributed by atoms with Crippen LogP contribution in [-0.4, -0.2) is 39.6 Å². The second-order valence-corrected chi connectivity index (χ2v) is 7.49. The Morgan fingerprint density at radius 2 is 2.00 bits per heavy atom. The van der Waals surface area contributed by atoms with Gasteiger partial charge in [-0.1, -0.05) is 19.8 Å².